The molecule has 1 aliphatic rings. The van der Waals surface area contributed by atoms with Gasteiger partial charge in [0.15, 0.2) is 17.2 Å². The lowest BCUT2D eigenvalue weighted by molar-refractivity contribution is -0.143. The average molecular weight is 287 g/mol. The zero-order chi connectivity index (χ0) is 14.3. The first-order valence-electron chi connectivity index (χ1n) is 5.53. The molecular formula is C11H8F3N3O3. The minimum atomic E-state index is -4.68. The lowest BCUT2D eigenvalue weighted by atomic mass is 10.2. The van der Waals surface area contributed by atoms with Gasteiger partial charge in [-0.15, -0.1) is 5.10 Å². The van der Waals surface area contributed by atoms with Gasteiger partial charge in [-0.1, -0.05) is 5.21 Å². The normalized spacial score (nSPS) is 13.8. The van der Waals surface area contributed by atoms with Crippen LogP contribution in [0.25, 0.3) is 5.69 Å². The number of fused-ring (bicyclic) bond motifs is 1. The van der Waals surface area contributed by atoms with Crippen LogP contribution in [-0.2, 0) is 12.8 Å². The van der Waals surface area contributed by atoms with E-state index < -0.39 is 24.2 Å². The van der Waals surface area contributed by atoms with E-state index in [1.807, 2.05) is 0 Å². The van der Waals surface area contributed by atoms with E-state index in [0.29, 0.717) is 16.2 Å². The van der Waals surface area contributed by atoms with Gasteiger partial charge in [0.25, 0.3) is 0 Å². The fourth-order valence-electron chi connectivity index (χ4n) is 1.90. The predicted molar refractivity (Wildman–Crippen MR) is 58.4 cm³/mol. The SMILES string of the molecule is OCc1nnn(-c2ccc3c(c2)OCO3)c1C(F)(F)F. The molecule has 0 spiro atoms. The molecule has 0 radical (unpaired) electrons. The third kappa shape index (κ3) is 1.95. The fraction of sp³-hybridized carbons (Fsp3) is 0.273. The summed E-state index contributed by atoms with van der Waals surface area (Å²) in [5, 5.41) is 15.7. The molecule has 1 aliphatic heterocycles. The Hall–Kier alpha value is -2.29. The molecule has 0 unspecified atom stereocenters. The third-order valence-electron chi connectivity index (χ3n) is 2.76. The molecule has 9 heteroatoms. The Kier molecular flexibility index (Phi) is 2.78. The number of aliphatic hydroxyl groups is 1. The third-order valence-corrected chi connectivity index (χ3v) is 2.76. The van der Waals surface area contributed by atoms with Crippen molar-refractivity contribution >= 4 is 0 Å². The number of hydrogen-bond acceptors (Lipinski definition) is 5. The first-order valence-corrected chi connectivity index (χ1v) is 5.53. The Morgan fingerprint density at radius 1 is 1.25 bits per heavy atom. The summed E-state index contributed by atoms with van der Waals surface area (Å²) in [5.41, 5.74) is -1.53. The van der Waals surface area contributed by atoms with Gasteiger partial charge in [-0.2, -0.15) is 13.2 Å². The van der Waals surface area contributed by atoms with Gasteiger partial charge in [-0.05, 0) is 12.1 Å². The van der Waals surface area contributed by atoms with Crippen LogP contribution in [0.5, 0.6) is 11.5 Å². The maximum Gasteiger partial charge on any atom is 0.435 e. The molecule has 0 atom stereocenters. The summed E-state index contributed by atoms with van der Waals surface area (Å²) < 4.78 is 49.9. The average Bonchev–Trinajstić information content (AvgIpc) is 3.03. The first kappa shape index (κ1) is 12.7. The molecule has 20 heavy (non-hydrogen) atoms. The molecule has 6 nitrogen and oxygen atoms in total. The monoisotopic (exact) mass is 287 g/mol. The Labute approximate surface area is 110 Å². The molecule has 0 bridgehead atoms. The van der Waals surface area contributed by atoms with Gasteiger partial charge in [0.2, 0.25) is 6.79 Å². The minimum Gasteiger partial charge on any atom is -0.454 e. The first-order chi connectivity index (χ1) is 9.50. The summed E-state index contributed by atoms with van der Waals surface area (Å²) in [6.45, 7) is -0.830. The number of aromatic nitrogens is 3. The second-order valence-corrected chi connectivity index (χ2v) is 3.99. The van der Waals surface area contributed by atoms with Crippen LogP contribution in [-0.4, -0.2) is 26.9 Å². The standard InChI is InChI=1S/C11H8F3N3O3/c12-11(13,14)10-7(4-18)15-16-17(10)6-1-2-8-9(3-6)20-5-19-8/h1-3,18H,4-5H2. The number of aliphatic hydroxyl groups excluding tert-OH is 1. The molecule has 1 aromatic heterocycles. The smallest absolute Gasteiger partial charge is 0.435 e. The second kappa shape index (κ2) is 4.37. The Bertz CT molecular complexity index is 654. The van der Waals surface area contributed by atoms with E-state index in [1.54, 1.807) is 0 Å². The molecule has 1 N–H and O–H groups in total. The van der Waals surface area contributed by atoms with Crippen LogP contribution in [0, 0.1) is 0 Å². The van der Waals surface area contributed by atoms with Crippen molar-refractivity contribution in [3.05, 3.63) is 29.6 Å². The molecular weight excluding hydrogens is 279 g/mol. The van der Waals surface area contributed by atoms with Gasteiger partial charge in [0.1, 0.15) is 5.69 Å². The number of ether oxygens (including phenoxy) is 2. The van der Waals surface area contributed by atoms with Crippen LogP contribution in [0.2, 0.25) is 0 Å². The number of halogens is 3. The van der Waals surface area contributed by atoms with Crippen molar-refractivity contribution in [1.82, 2.24) is 15.0 Å². The topological polar surface area (TPSA) is 69.4 Å². The molecule has 106 valence electrons. The lowest BCUT2D eigenvalue weighted by Crippen LogP contribution is -2.15. The van der Waals surface area contributed by atoms with Crippen LogP contribution >= 0.6 is 0 Å². The highest BCUT2D eigenvalue weighted by atomic mass is 19.4. The Morgan fingerprint density at radius 3 is 2.70 bits per heavy atom. The van der Waals surface area contributed by atoms with Gasteiger partial charge in [-0.3, -0.25) is 0 Å². The Morgan fingerprint density at radius 2 is 2.00 bits per heavy atom. The molecule has 0 amide bonds. The highest BCUT2D eigenvalue weighted by molar-refractivity contribution is 5.50. The highest BCUT2D eigenvalue weighted by Crippen LogP contribution is 2.36. The van der Waals surface area contributed by atoms with Crippen molar-refractivity contribution in [2.24, 2.45) is 0 Å². The zero-order valence-corrected chi connectivity index (χ0v) is 9.89. The van der Waals surface area contributed by atoms with Crippen molar-refractivity contribution in [2.45, 2.75) is 12.8 Å². The summed E-state index contributed by atoms with van der Waals surface area (Å²) in [7, 11) is 0. The van der Waals surface area contributed by atoms with Crippen LogP contribution in [0.1, 0.15) is 11.4 Å². The summed E-state index contributed by atoms with van der Waals surface area (Å²) >= 11 is 0. The van der Waals surface area contributed by atoms with Crippen molar-refractivity contribution < 1.29 is 27.8 Å². The number of alkyl halides is 3. The summed E-state index contributed by atoms with van der Waals surface area (Å²) in [6.07, 6.45) is -4.68. The van der Waals surface area contributed by atoms with Crippen molar-refractivity contribution in [2.75, 3.05) is 6.79 Å². The number of nitrogens with zero attached hydrogens (tertiary/aromatic N) is 3. The van der Waals surface area contributed by atoms with Gasteiger partial charge in [0, 0.05) is 6.07 Å². The van der Waals surface area contributed by atoms with E-state index in [0.717, 1.165) is 0 Å². The quantitative estimate of drug-likeness (QED) is 0.906. The number of hydrogen-bond donors (Lipinski definition) is 1. The summed E-state index contributed by atoms with van der Waals surface area (Å²) in [5.74, 6) is 0.779. The maximum atomic E-state index is 13.0. The van der Waals surface area contributed by atoms with Gasteiger partial charge in [0.05, 0.1) is 12.3 Å². The molecule has 0 fully saturated rings. The van der Waals surface area contributed by atoms with E-state index >= 15 is 0 Å². The largest absolute Gasteiger partial charge is 0.454 e. The van der Waals surface area contributed by atoms with Gasteiger partial charge >= 0.3 is 6.18 Å². The van der Waals surface area contributed by atoms with E-state index in [9.17, 15) is 13.2 Å². The summed E-state index contributed by atoms with van der Waals surface area (Å²) in [6, 6.07) is 4.25. The van der Waals surface area contributed by atoms with Crippen LogP contribution < -0.4 is 9.47 Å². The maximum absolute atomic E-state index is 13.0. The molecule has 2 heterocycles. The van der Waals surface area contributed by atoms with E-state index in [4.69, 9.17) is 14.6 Å². The fourth-order valence-corrected chi connectivity index (χ4v) is 1.90. The number of rotatable bonds is 2. The summed E-state index contributed by atoms with van der Waals surface area (Å²) in [4.78, 5) is 0. The van der Waals surface area contributed by atoms with E-state index in [-0.39, 0.29) is 12.5 Å². The van der Waals surface area contributed by atoms with E-state index in [1.165, 1.54) is 18.2 Å². The van der Waals surface area contributed by atoms with Gasteiger partial charge < -0.3 is 14.6 Å². The molecule has 1 aromatic carbocycles. The van der Waals surface area contributed by atoms with Crippen LogP contribution in [0.15, 0.2) is 18.2 Å². The lowest BCUT2D eigenvalue weighted by Gasteiger charge is -2.10. The van der Waals surface area contributed by atoms with Crippen molar-refractivity contribution in [1.29, 1.82) is 0 Å². The van der Waals surface area contributed by atoms with Crippen molar-refractivity contribution in [3.63, 3.8) is 0 Å². The molecule has 0 saturated heterocycles. The second-order valence-electron chi connectivity index (χ2n) is 3.99. The highest BCUT2D eigenvalue weighted by Gasteiger charge is 2.39. The zero-order valence-electron chi connectivity index (χ0n) is 9.89. The van der Waals surface area contributed by atoms with E-state index in [2.05, 4.69) is 10.3 Å². The van der Waals surface area contributed by atoms with Crippen molar-refractivity contribution in [3.8, 4) is 17.2 Å². The molecule has 0 aliphatic carbocycles. The number of benzene rings is 1. The Balaban J connectivity index is 2.13. The van der Waals surface area contributed by atoms with Crippen LogP contribution in [0.3, 0.4) is 0 Å². The minimum absolute atomic E-state index is 0.0180. The van der Waals surface area contributed by atoms with Gasteiger partial charge in [-0.25, -0.2) is 4.68 Å². The molecule has 0 saturated carbocycles. The molecule has 3 rings (SSSR count). The molecule has 2 aromatic rings. The van der Waals surface area contributed by atoms with Crippen LogP contribution in [0.4, 0.5) is 13.2 Å². The predicted octanol–water partition coefficient (Wildman–Crippen LogP) is 1.51.